The van der Waals surface area contributed by atoms with E-state index in [1.807, 2.05) is 32.3 Å². The van der Waals surface area contributed by atoms with Crippen molar-refractivity contribution >= 4 is 39.0 Å². The Hall–Kier alpha value is -2.57. The fraction of sp³-hybridized carbons (Fsp3) is 0.704. The average Bonchev–Trinajstić information content (AvgIpc) is 3.44. The molecular formula is C27H46N6O5S. The smallest absolute Gasteiger partial charge is 0.410 e. The average molecular weight is 567 g/mol. The number of hydrogen-bond donors (Lipinski definition) is 2. The minimum absolute atomic E-state index is 0.156. The number of amides is 2. The monoisotopic (exact) mass is 566 g/mol. The third kappa shape index (κ3) is 9.54. The minimum atomic E-state index is -0.659. The van der Waals surface area contributed by atoms with Gasteiger partial charge in [0.1, 0.15) is 23.7 Å². The summed E-state index contributed by atoms with van der Waals surface area (Å²) in [6.45, 7) is 10.7. The SMILES string of the molecule is COC[C@H](C)NC(=O)c1cn(COCCS(C)(C)C)c2ncc(NCC3CCN(C(=O)OC(C)(C)C)C3)nc12. The van der Waals surface area contributed by atoms with Crippen molar-refractivity contribution in [3.63, 3.8) is 0 Å². The quantitative estimate of drug-likeness (QED) is 0.375. The molecule has 2 atom stereocenters. The lowest BCUT2D eigenvalue weighted by atomic mass is 10.1. The van der Waals surface area contributed by atoms with Gasteiger partial charge in [0.25, 0.3) is 5.91 Å². The number of rotatable bonds is 12. The lowest BCUT2D eigenvalue weighted by Gasteiger charge is -2.24. The number of fused-ring (bicyclic) bond motifs is 1. The van der Waals surface area contributed by atoms with Gasteiger partial charge in [-0.15, -0.1) is 0 Å². The van der Waals surface area contributed by atoms with E-state index in [2.05, 4.69) is 34.4 Å². The van der Waals surface area contributed by atoms with Crippen molar-refractivity contribution in [1.82, 2.24) is 24.8 Å². The number of nitrogens with zero attached hydrogens (tertiary/aromatic N) is 4. The molecule has 2 N–H and O–H groups in total. The maximum atomic E-state index is 13.1. The zero-order chi connectivity index (χ0) is 28.8. The highest BCUT2D eigenvalue weighted by molar-refractivity contribution is 8.32. The summed E-state index contributed by atoms with van der Waals surface area (Å²) in [5.41, 5.74) is 1.02. The van der Waals surface area contributed by atoms with Gasteiger partial charge in [0.2, 0.25) is 0 Å². The van der Waals surface area contributed by atoms with Gasteiger partial charge in [-0.05, 0) is 58.8 Å². The number of carbonyl (C=O) groups is 2. The highest BCUT2D eigenvalue weighted by atomic mass is 32.3. The number of hydrogen-bond acceptors (Lipinski definition) is 8. The van der Waals surface area contributed by atoms with Crippen molar-refractivity contribution in [2.24, 2.45) is 5.92 Å². The van der Waals surface area contributed by atoms with E-state index in [1.165, 1.54) is 0 Å². The largest absolute Gasteiger partial charge is 0.444 e. The first-order valence-corrected chi connectivity index (χ1v) is 16.4. The second-order valence-corrected chi connectivity index (χ2v) is 16.7. The molecule has 0 spiro atoms. The van der Waals surface area contributed by atoms with Crippen molar-refractivity contribution in [3.8, 4) is 0 Å². The Morgan fingerprint density at radius 2 is 2.00 bits per heavy atom. The molecule has 220 valence electrons. The summed E-state index contributed by atoms with van der Waals surface area (Å²) in [5, 5.41) is 6.32. The summed E-state index contributed by atoms with van der Waals surface area (Å²) in [6, 6.07) is -0.156. The molecular weight excluding hydrogens is 520 g/mol. The van der Waals surface area contributed by atoms with E-state index in [1.54, 1.807) is 24.4 Å². The summed E-state index contributed by atoms with van der Waals surface area (Å²) >= 11 is 0. The molecule has 2 aromatic rings. The van der Waals surface area contributed by atoms with Gasteiger partial charge in [-0.2, -0.15) is 0 Å². The Kier molecular flexibility index (Phi) is 10.5. The van der Waals surface area contributed by atoms with Crippen LogP contribution in [0.5, 0.6) is 0 Å². The van der Waals surface area contributed by atoms with E-state index in [-0.39, 0.29) is 30.7 Å². The van der Waals surface area contributed by atoms with Crippen molar-refractivity contribution in [1.29, 1.82) is 0 Å². The third-order valence-corrected chi connectivity index (χ3v) is 7.58. The van der Waals surface area contributed by atoms with Crippen LogP contribution in [0.1, 0.15) is 44.5 Å². The third-order valence-electron chi connectivity index (χ3n) is 6.18. The van der Waals surface area contributed by atoms with Crippen LogP contribution in [-0.4, -0.2) is 108 Å². The van der Waals surface area contributed by atoms with Gasteiger partial charge < -0.3 is 34.3 Å². The number of ether oxygens (including phenoxy) is 3. The van der Waals surface area contributed by atoms with Gasteiger partial charge in [0.05, 0.1) is 25.0 Å². The number of methoxy groups -OCH3 is 1. The molecule has 12 heteroatoms. The number of nitrogens with one attached hydrogen (secondary N) is 2. The van der Waals surface area contributed by atoms with Crippen molar-refractivity contribution in [2.75, 3.05) is 69.8 Å². The molecule has 1 aliphatic heterocycles. The van der Waals surface area contributed by atoms with Crippen LogP contribution < -0.4 is 10.6 Å². The summed E-state index contributed by atoms with van der Waals surface area (Å²) in [5.74, 6) is 1.60. The number of likely N-dealkylation sites (tertiary alicyclic amines) is 1. The molecule has 11 nitrogen and oxygen atoms in total. The lowest BCUT2D eigenvalue weighted by Crippen LogP contribution is -2.35. The predicted molar refractivity (Wildman–Crippen MR) is 157 cm³/mol. The van der Waals surface area contributed by atoms with Crippen LogP contribution in [0.2, 0.25) is 0 Å². The van der Waals surface area contributed by atoms with Crippen molar-refractivity contribution < 1.29 is 23.8 Å². The molecule has 0 saturated carbocycles. The Morgan fingerprint density at radius 1 is 1.26 bits per heavy atom. The first-order valence-electron chi connectivity index (χ1n) is 13.4. The topological polar surface area (TPSA) is 120 Å². The number of carbonyl (C=O) groups excluding carboxylic acids is 2. The molecule has 2 aromatic heterocycles. The second-order valence-electron chi connectivity index (χ2n) is 12.1. The van der Waals surface area contributed by atoms with Crippen LogP contribution in [0.3, 0.4) is 0 Å². The Balaban J connectivity index is 1.71. The molecule has 0 aromatic carbocycles. The predicted octanol–water partition coefficient (Wildman–Crippen LogP) is 3.53. The lowest BCUT2D eigenvalue weighted by molar-refractivity contribution is 0.0289. The molecule has 0 radical (unpaired) electrons. The van der Waals surface area contributed by atoms with Crippen molar-refractivity contribution in [3.05, 3.63) is 18.0 Å². The molecule has 1 saturated heterocycles. The fourth-order valence-electron chi connectivity index (χ4n) is 4.21. The standard InChI is InChI=1S/C27H46N6O5S/c1-19(17-36-5)30-25(34)21-16-33(18-37-11-12-39(6,7)8)24-23(21)31-22(14-29-24)28-13-20-9-10-32(15-20)26(35)38-27(2,3)4/h14,16,19-20H,9-13,15,17-18H2,1-8H3,(H,28,31)(H,30,34)/t19-,20?/m0/s1. The van der Waals surface area contributed by atoms with Crippen LogP contribution in [0.4, 0.5) is 10.6 Å². The Morgan fingerprint density at radius 3 is 2.67 bits per heavy atom. The number of anilines is 1. The first-order chi connectivity index (χ1) is 18.3. The first kappa shape index (κ1) is 31.0. The van der Waals surface area contributed by atoms with Crippen LogP contribution in [0.15, 0.2) is 12.4 Å². The Labute approximate surface area is 233 Å². The van der Waals surface area contributed by atoms with Gasteiger partial charge in [-0.25, -0.2) is 24.8 Å². The second kappa shape index (κ2) is 13.2. The molecule has 0 bridgehead atoms. The molecule has 1 fully saturated rings. The van der Waals surface area contributed by atoms with Crippen LogP contribution in [-0.2, 0) is 20.9 Å². The van der Waals surface area contributed by atoms with E-state index in [0.717, 1.165) is 12.2 Å². The fourth-order valence-corrected chi connectivity index (χ4v) is 4.82. The highest BCUT2D eigenvalue weighted by Gasteiger charge is 2.30. The molecule has 1 aliphatic rings. The summed E-state index contributed by atoms with van der Waals surface area (Å²) in [7, 11) is 0.944. The van der Waals surface area contributed by atoms with Gasteiger partial charge in [0, 0.05) is 44.7 Å². The molecule has 2 amide bonds. The molecule has 3 rings (SSSR count). The van der Waals surface area contributed by atoms with Crippen LogP contribution in [0, 0.1) is 5.92 Å². The van der Waals surface area contributed by atoms with E-state index in [0.29, 0.717) is 55.4 Å². The zero-order valence-electron chi connectivity index (χ0n) is 24.7. The molecule has 3 heterocycles. The molecule has 0 aliphatic carbocycles. The Bertz CT molecular complexity index is 1130. The molecule has 39 heavy (non-hydrogen) atoms. The van der Waals surface area contributed by atoms with Crippen molar-refractivity contribution in [2.45, 2.75) is 52.5 Å². The van der Waals surface area contributed by atoms with Gasteiger partial charge in [0.15, 0.2) is 5.65 Å². The van der Waals surface area contributed by atoms with E-state index >= 15 is 0 Å². The minimum Gasteiger partial charge on any atom is -0.444 e. The van der Waals surface area contributed by atoms with E-state index < -0.39 is 15.6 Å². The van der Waals surface area contributed by atoms with E-state index in [9.17, 15) is 9.59 Å². The maximum Gasteiger partial charge on any atom is 0.410 e. The van der Waals surface area contributed by atoms with Crippen LogP contribution in [0.25, 0.3) is 11.2 Å². The maximum absolute atomic E-state index is 13.1. The van der Waals surface area contributed by atoms with Gasteiger partial charge >= 0.3 is 6.09 Å². The normalized spacial score (nSPS) is 17.3. The van der Waals surface area contributed by atoms with Gasteiger partial charge in [-0.3, -0.25) is 4.79 Å². The number of aromatic nitrogens is 3. The zero-order valence-corrected chi connectivity index (χ0v) is 25.5. The highest BCUT2D eigenvalue weighted by Crippen LogP contribution is 2.33. The van der Waals surface area contributed by atoms with Gasteiger partial charge in [-0.1, -0.05) is 0 Å². The summed E-state index contributed by atoms with van der Waals surface area (Å²) in [6.07, 6.45) is 10.8. The van der Waals surface area contributed by atoms with Crippen LogP contribution >= 0.6 is 10.0 Å². The summed E-state index contributed by atoms with van der Waals surface area (Å²) in [4.78, 5) is 36.7. The van der Waals surface area contributed by atoms with E-state index in [4.69, 9.17) is 19.2 Å². The summed E-state index contributed by atoms with van der Waals surface area (Å²) < 4.78 is 18.4. The molecule has 1 unspecified atom stereocenters.